The number of hydrogen-bond donors (Lipinski definition) is 2. The van der Waals surface area contributed by atoms with E-state index in [2.05, 4.69) is 4.72 Å². The molecular weight excluding hydrogens is 142 g/mol. The molecular formula is C4H9NO3S. The second-order valence-corrected chi connectivity index (χ2v) is 2.91. The summed E-state index contributed by atoms with van der Waals surface area (Å²) in [6.45, 7) is 1.48. The standard InChI is InChI=1S/C4H9NO3S/c1-2-9(8)5-3-4(6)7/h5H,2-3H2,1H3,(H,6,7). The van der Waals surface area contributed by atoms with E-state index in [4.69, 9.17) is 5.11 Å². The van der Waals surface area contributed by atoms with E-state index >= 15 is 0 Å². The molecule has 0 fully saturated rings. The Kier molecular flexibility index (Phi) is 4.25. The zero-order chi connectivity index (χ0) is 7.28. The lowest BCUT2D eigenvalue weighted by atomic mass is 10.7. The van der Waals surface area contributed by atoms with Crippen LogP contribution in [0.1, 0.15) is 6.92 Å². The SMILES string of the molecule is CCS(=O)NCC(=O)O. The molecule has 54 valence electrons. The molecule has 0 radical (unpaired) electrons. The lowest BCUT2D eigenvalue weighted by molar-refractivity contribution is -0.135. The Morgan fingerprint density at radius 3 is 2.67 bits per heavy atom. The summed E-state index contributed by atoms with van der Waals surface area (Å²) in [6, 6.07) is 0. The largest absolute Gasteiger partial charge is 0.480 e. The van der Waals surface area contributed by atoms with Crippen LogP contribution in [0.4, 0.5) is 0 Å². The van der Waals surface area contributed by atoms with Gasteiger partial charge in [0.1, 0.15) is 6.54 Å². The van der Waals surface area contributed by atoms with Crippen LogP contribution in [0.3, 0.4) is 0 Å². The maximum absolute atomic E-state index is 10.5. The monoisotopic (exact) mass is 151 g/mol. The summed E-state index contributed by atoms with van der Waals surface area (Å²) in [5, 5.41) is 8.06. The average Bonchev–Trinajstić information content (AvgIpc) is 1.83. The molecule has 0 amide bonds. The molecule has 1 unspecified atom stereocenters. The van der Waals surface area contributed by atoms with Crippen molar-refractivity contribution < 1.29 is 14.1 Å². The number of rotatable bonds is 4. The Balaban J connectivity index is 3.28. The maximum Gasteiger partial charge on any atom is 0.318 e. The zero-order valence-electron chi connectivity index (χ0n) is 5.09. The number of carboxylic acids is 1. The van der Waals surface area contributed by atoms with Crippen LogP contribution in [-0.4, -0.2) is 27.6 Å². The van der Waals surface area contributed by atoms with Gasteiger partial charge in [-0.25, -0.2) is 8.93 Å². The molecule has 0 aromatic carbocycles. The smallest absolute Gasteiger partial charge is 0.318 e. The zero-order valence-corrected chi connectivity index (χ0v) is 5.90. The van der Waals surface area contributed by atoms with Crippen LogP contribution < -0.4 is 4.72 Å². The van der Waals surface area contributed by atoms with Crippen LogP contribution in [0.2, 0.25) is 0 Å². The van der Waals surface area contributed by atoms with Crippen molar-refractivity contribution in [1.82, 2.24) is 4.72 Å². The van der Waals surface area contributed by atoms with E-state index in [0.717, 1.165) is 0 Å². The highest BCUT2D eigenvalue weighted by molar-refractivity contribution is 7.82. The van der Waals surface area contributed by atoms with Crippen molar-refractivity contribution in [3.8, 4) is 0 Å². The van der Waals surface area contributed by atoms with Crippen molar-refractivity contribution >= 4 is 17.0 Å². The molecule has 0 saturated heterocycles. The number of hydrogen-bond acceptors (Lipinski definition) is 2. The minimum Gasteiger partial charge on any atom is -0.480 e. The van der Waals surface area contributed by atoms with Crippen molar-refractivity contribution in [1.29, 1.82) is 0 Å². The van der Waals surface area contributed by atoms with Gasteiger partial charge < -0.3 is 5.11 Å². The third-order valence-electron chi connectivity index (χ3n) is 0.647. The first kappa shape index (κ1) is 8.58. The van der Waals surface area contributed by atoms with Crippen LogP contribution in [0.15, 0.2) is 0 Å². The van der Waals surface area contributed by atoms with Crippen LogP contribution in [0.5, 0.6) is 0 Å². The van der Waals surface area contributed by atoms with E-state index < -0.39 is 17.0 Å². The molecule has 0 aromatic rings. The number of carboxylic acid groups (broad SMARTS) is 1. The summed E-state index contributed by atoms with van der Waals surface area (Å²) in [5.74, 6) is -0.551. The van der Waals surface area contributed by atoms with Gasteiger partial charge in [0.05, 0.1) is 11.0 Å². The molecule has 2 N–H and O–H groups in total. The molecule has 4 nitrogen and oxygen atoms in total. The highest BCUT2D eigenvalue weighted by atomic mass is 32.2. The second-order valence-electron chi connectivity index (χ2n) is 1.35. The van der Waals surface area contributed by atoms with Gasteiger partial charge in [-0.05, 0) is 0 Å². The fourth-order valence-corrected chi connectivity index (χ4v) is 0.733. The van der Waals surface area contributed by atoms with E-state index in [1.165, 1.54) is 0 Å². The van der Waals surface area contributed by atoms with Gasteiger partial charge in [0.25, 0.3) is 0 Å². The minimum absolute atomic E-state index is 0.236. The van der Waals surface area contributed by atoms with Crippen molar-refractivity contribution in [3.05, 3.63) is 0 Å². The van der Waals surface area contributed by atoms with Crippen LogP contribution in [-0.2, 0) is 15.8 Å². The normalized spacial score (nSPS) is 13.0. The summed E-state index contributed by atoms with van der Waals surface area (Å²) in [4.78, 5) is 9.82. The summed E-state index contributed by atoms with van der Waals surface area (Å²) in [7, 11) is -1.18. The van der Waals surface area contributed by atoms with Gasteiger partial charge in [0, 0.05) is 5.75 Å². The Morgan fingerprint density at radius 2 is 2.33 bits per heavy atom. The summed E-state index contributed by atoms with van der Waals surface area (Å²) in [5.41, 5.74) is 0. The molecule has 1 atom stereocenters. The van der Waals surface area contributed by atoms with E-state index in [1.807, 2.05) is 0 Å². The van der Waals surface area contributed by atoms with Gasteiger partial charge in [-0.3, -0.25) is 4.79 Å². The molecule has 0 saturated carbocycles. The third-order valence-corrected chi connectivity index (χ3v) is 1.64. The van der Waals surface area contributed by atoms with E-state index in [0.29, 0.717) is 5.75 Å². The van der Waals surface area contributed by atoms with Gasteiger partial charge >= 0.3 is 5.97 Å². The van der Waals surface area contributed by atoms with Crippen molar-refractivity contribution in [2.24, 2.45) is 0 Å². The minimum atomic E-state index is -1.18. The average molecular weight is 151 g/mol. The predicted octanol–water partition coefficient (Wildman–Crippen LogP) is -0.656. The van der Waals surface area contributed by atoms with Crippen molar-refractivity contribution in [3.63, 3.8) is 0 Å². The topological polar surface area (TPSA) is 66.4 Å². The van der Waals surface area contributed by atoms with E-state index in [1.54, 1.807) is 6.92 Å². The maximum atomic E-state index is 10.5. The Labute approximate surface area is 55.8 Å². The Morgan fingerprint density at radius 1 is 1.78 bits per heavy atom. The fourth-order valence-electron chi connectivity index (χ4n) is 0.244. The predicted molar refractivity (Wildman–Crippen MR) is 34.3 cm³/mol. The number of nitrogens with one attached hydrogen (secondary N) is 1. The highest BCUT2D eigenvalue weighted by Gasteiger charge is 1.97. The van der Waals surface area contributed by atoms with Gasteiger partial charge in [-0.15, -0.1) is 0 Å². The van der Waals surface area contributed by atoms with Crippen molar-refractivity contribution in [2.45, 2.75) is 6.92 Å². The first-order chi connectivity index (χ1) is 4.16. The Hall–Kier alpha value is -0.420. The molecule has 0 aliphatic heterocycles. The van der Waals surface area contributed by atoms with Crippen LogP contribution in [0.25, 0.3) is 0 Å². The molecule has 0 bridgehead atoms. The highest BCUT2D eigenvalue weighted by Crippen LogP contribution is 1.71. The molecule has 0 aliphatic carbocycles. The number of carbonyl (C=O) groups is 1. The lowest BCUT2D eigenvalue weighted by Crippen LogP contribution is -2.25. The van der Waals surface area contributed by atoms with Gasteiger partial charge in [-0.2, -0.15) is 0 Å². The molecule has 0 spiro atoms. The fraction of sp³-hybridized carbons (Fsp3) is 0.750. The first-order valence-corrected chi connectivity index (χ1v) is 3.82. The summed E-state index contributed by atoms with van der Waals surface area (Å²) < 4.78 is 12.8. The van der Waals surface area contributed by atoms with Gasteiger partial charge in [0.15, 0.2) is 0 Å². The Bertz CT molecular complexity index is 125. The second kappa shape index (κ2) is 4.46. The first-order valence-electron chi connectivity index (χ1n) is 2.50. The van der Waals surface area contributed by atoms with Crippen molar-refractivity contribution in [2.75, 3.05) is 12.3 Å². The molecule has 0 heterocycles. The van der Waals surface area contributed by atoms with Gasteiger partial charge in [-0.1, -0.05) is 6.92 Å². The molecule has 0 rings (SSSR count). The summed E-state index contributed by atoms with van der Waals surface area (Å²) >= 11 is 0. The van der Waals surface area contributed by atoms with Gasteiger partial charge in [0.2, 0.25) is 0 Å². The van der Waals surface area contributed by atoms with Crippen LogP contribution >= 0.6 is 0 Å². The molecule has 9 heavy (non-hydrogen) atoms. The molecule has 0 aliphatic rings. The summed E-state index contributed by atoms with van der Waals surface area (Å²) in [6.07, 6.45) is 0. The quantitative estimate of drug-likeness (QED) is 0.560. The molecule has 0 aromatic heterocycles. The molecule has 5 heteroatoms. The lowest BCUT2D eigenvalue weighted by Gasteiger charge is -1.95. The number of aliphatic carboxylic acids is 1. The van der Waals surface area contributed by atoms with Crippen LogP contribution in [0, 0.1) is 0 Å². The van der Waals surface area contributed by atoms with E-state index in [-0.39, 0.29) is 6.54 Å². The third kappa shape index (κ3) is 5.45. The van der Waals surface area contributed by atoms with E-state index in [9.17, 15) is 9.00 Å².